The van der Waals surface area contributed by atoms with E-state index in [9.17, 15) is 0 Å². The Morgan fingerprint density at radius 3 is 2.50 bits per heavy atom. The summed E-state index contributed by atoms with van der Waals surface area (Å²) in [6.45, 7) is 9.65. The van der Waals surface area contributed by atoms with Gasteiger partial charge in [-0.05, 0) is 25.0 Å². The summed E-state index contributed by atoms with van der Waals surface area (Å²) in [6, 6.07) is 0. The van der Waals surface area contributed by atoms with Crippen LogP contribution in [0.4, 0.5) is 0 Å². The molecule has 0 unspecified atom stereocenters. The quantitative estimate of drug-likeness (QED) is 0.503. The van der Waals surface area contributed by atoms with Gasteiger partial charge in [-0.1, -0.05) is 43.5 Å². The molecule has 0 aliphatic carbocycles. The highest BCUT2D eigenvalue weighted by Gasteiger charge is 1.99. The van der Waals surface area contributed by atoms with Crippen LogP contribution >= 0.6 is 0 Å². The van der Waals surface area contributed by atoms with Crippen molar-refractivity contribution in [2.45, 2.75) is 13.3 Å². The Morgan fingerprint density at radius 2 is 2.00 bits per heavy atom. The molecular formula is C14H20O2. The van der Waals surface area contributed by atoms with E-state index in [0.29, 0.717) is 5.76 Å². The topological polar surface area (TPSA) is 29.5 Å². The monoisotopic (exact) mass is 220 g/mol. The first-order valence-corrected chi connectivity index (χ1v) is 5.29. The van der Waals surface area contributed by atoms with E-state index in [4.69, 9.17) is 9.84 Å². The molecular weight excluding hydrogens is 200 g/mol. The summed E-state index contributed by atoms with van der Waals surface area (Å²) in [5, 5.41) is 8.68. The van der Waals surface area contributed by atoms with Crippen molar-refractivity contribution in [3.63, 3.8) is 0 Å². The Balaban J connectivity index is 4.55. The van der Waals surface area contributed by atoms with Gasteiger partial charge in [-0.3, -0.25) is 0 Å². The molecule has 0 rings (SSSR count). The Kier molecular flexibility index (Phi) is 9.03. The van der Waals surface area contributed by atoms with Crippen molar-refractivity contribution in [1.82, 2.24) is 0 Å². The number of hydrogen-bond acceptors (Lipinski definition) is 2. The number of allylic oxidation sites excluding steroid dienone is 7. The fourth-order valence-electron chi connectivity index (χ4n) is 1.11. The van der Waals surface area contributed by atoms with Gasteiger partial charge < -0.3 is 9.84 Å². The molecule has 0 amide bonds. The SMILES string of the molecule is C=C/C(C/C=C\C=C/C)=C(\C=C)OCCO. The molecule has 0 aliphatic rings. The van der Waals surface area contributed by atoms with Crippen molar-refractivity contribution in [3.8, 4) is 0 Å². The molecule has 0 saturated carbocycles. The van der Waals surface area contributed by atoms with Crippen LogP contribution in [-0.4, -0.2) is 18.3 Å². The molecule has 0 bridgehead atoms. The van der Waals surface area contributed by atoms with Gasteiger partial charge in [0.05, 0.1) is 6.61 Å². The van der Waals surface area contributed by atoms with E-state index in [1.807, 2.05) is 31.2 Å². The number of aliphatic hydroxyl groups is 1. The van der Waals surface area contributed by atoms with Crippen LogP contribution < -0.4 is 0 Å². The first-order valence-electron chi connectivity index (χ1n) is 5.29. The van der Waals surface area contributed by atoms with Gasteiger partial charge in [-0.25, -0.2) is 0 Å². The van der Waals surface area contributed by atoms with E-state index in [1.165, 1.54) is 0 Å². The highest BCUT2D eigenvalue weighted by Crippen LogP contribution is 2.13. The number of ether oxygens (including phenoxy) is 1. The van der Waals surface area contributed by atoms with Gasteiger partial charge >= 0.3 is 0 Å². The van der Waals surface area contributed by atoms with Gasteiger partial charge in [0.25, 0.3) is 0 Å². The molecule has 0 aromatic rings. The summed E-state index contributed by atoms with van der Waals surface area (Å²) in [5.74, 6) is 0.675. The second kappa shape index (κ2) is 9.99. The largest absolute Gasteiger partial charge is 0.491 e. The number of hydrogen-bond donors (Lipinski definition) is 1. The molecule has 88 valence electrons. The van der Waals surface area contributed by atoms with Gasteiger partial charge in [-0.2, -0.15) is 0 Å². The minimum atomic E-state index is -0.00380. The average Bonchev–Trinajstić information content (AvgIpc) is 2.32. The maximum absolute atomic E-state index is 8.68. The summed E-state index contributed by atoms with van der Waals surface area (Å²) in [7, 11) is 0. The molecule has 16 heavy (non-hydrogen) atoms. The number of aliphatic hydroxyl groups excluding tert-OH is 1. The average molecular weight is 220 g/mol. The maximum Gasteiger partial charge on any atom is 0.122 e. The van der Waals surface area contributed by atoms with Crippen molar-refractivity contribution >= 4 is 0 Å². The normalized spacial score (nSPS) is 12.9. The van der Waals surface area contributed by atoms with Crippen molar-refractivity contribution < 1.29 is 9.84 Å². The second-order valence-electron chi connectivity index (χ2n) is 3.03. The van der Waals surface area contributed by atoms with E-state index < -0.39 is 0 Å². The Morgan fingerprint density at radius 1 is 1.25 bits per heavy atom. The molecule has 2 heteroatoms. The predicted molar refractivity (Wildman–Crippen MR) is 69.0 cm³/mol. The van der Waals surface area contributed by atoms with Crippen LogP contribution in [0.15, 0.2) is 60.9 Å². The lowest BCUT2D eigenvalue weighted by Crippen LogP contribution is -1.99. The molecule has 0 heterocycles. The minimum Gasteiger partial charge on any atom is -0.491 e. The van der Waals surface area contributed by atoms with E-state index in [2.05, 4.69) is 13.2 Å². The van der Waals surface area contributed by atoms with Crippen LogP contribution in [-0.2, 0) is 4.74 Å². The summed E-state index contributed by atoms with van der Waals surface area (Å²) in [4.78, 5) is 0. The fourth-order valence-corrected chi connectivity index (χ4v) is 1.11. The van der Waals surface area contributed by atoms with Crippen LogP contribution in [0.2, 0.25) is 0 Å². The minimum absolute atomic E-state index is 0.00380. The van der Waals surface area contributed by atoms with Gasteiger partial charge in [-0.15, -0.1) is 0 Å². The molecule has 2 nitrogen and oxygen atoms in total. The third kappa shape index (κ3) is 6.04. The van der Waals surface area contributed by atoms with Gasteiger partial charge in [0.2, 0.25) is 0 Å². The van der Waals surface area contributed by atoms with Crippen LogP contribution in [0.3, 0.4) is 0 Å². The first kappa shape index (κ1) is 14.5. The zero-order chi connectivity index (χ0) is 12.2. The summed E-state index contributed by atoms with van der Waals surface area (Å²) in [6.07, 6.45) is 12.0. The summed E-state index contributed by atoms with van der Waals surface area (Å²) in [5.41, 5.74) is 0.962. The van der Waals surface area contributed by atoms with Crippen molar-refractivity contribution in [2.75, 3.05) is 13.2 Å². The Bertz CT molecular complexity index is 296. The molecule has 1 N–H and O–H groups in total. The molecule has 0 fully saturated rings. The van der Waals surface area contributed by atoms with Crippen LogP contribution in [0.25, 0.3) is 0 Å². The molecule has 0 atom stereocenters. The van der Waals surface area contributed by atoms with Gasteiger partial charge in [0.1, 0.15) is 12.4 Å². The van der Waals surface area contributed by atoms with Crippen LogP contribution in [0, 0.1) is 0 Å². The Hall–Kier alpha value is -1.54. The standard InChI is InChI=1S/C14H20O2/c1-4-7-8-9-10-13(5-2)14(6-3)16-12-11-15/h4-9,15H,2-3,10-12H2,1H3/b7-4-,9-8-,14-13-. The van der Waals surface area contributed by atoms with Gasteiger partial charge in [0.15, 0.2) is 0 Å². The fraction of sp³-hybridized carbons (Fsp3) is 0.286. The predicted octanol–water partition coefficient (Wildman–Crippen LogP) is 3.14. The third-order valence-electron chi connectivity index (χ3n) is 1.87. The summed E-state index contributed by atoms with van der Waals surface area (Å²) >= 11 is 0. The Labute approximate surface area is 97.9 Å². The number of rotatable bonds is 8. The second-order valence-corrected chi connectivity index (χ2v) is 3.03. The smallest absolute Gasteiger partial charge is 0.122 e. The maximum atomic E-state index is 8.68. The highest BCUT2D eigenvalue weighted by molar-refractivity contribution is 5.29. The van der Waals surface area contributed by atoms with Crippen LogP contribution in [0.1, 0.15) is 13.3 Å². The molecule has 0 aromatic carbocycles. The van der Waals surface area contributed by atoms with Gasteiger partial charge in [0, 0.05) is 0 Å². The van der Waals surface area contributed by atoms with Crippen molar-refractivity contribution in [2.24, 2.45) is 0 Å². The van der Waals surface area contributed by atoms with Crippen LogP contribution in [0.5, 0.6) is 0 Å². The zero-order valence-corrected chi connectivity index (χ0v) is 9.86. The van der Waals surface area contributed by atoms with E-state index >= 15 is 0 Å². The molecule has 0 aliphatic heterocycles. The van der Waals surface area contributed by atoms with Crippen molar-refractivity contribution in [3.05, 3.63) is 60.9 Å². The zero-order valence-electron chi connectivity index (χ0n) is 9.86. The van der Waals surface area contributed by atoms with E-state index in [0.717, 1.165) is 12.0 Å². The molecule has 0 spiro atoms. The lowest BCUT2D eigenvalue weighted by atomic mass is 10.1. The van der Waals surface area contributed by atoms with E-state index in [1.54, 1.807) is 12.2 Å². The van der Waals surface area contributed by atoms with E-state index in [-0.39, 0.29) is 13.2 Å². The lowest BCUT2D eigenvalue weighted by Gasteiger charge is -2.08. The first-order chi connectivity index (χ1) is 7.79. The lowest BCUT2D eigenvalue weighted by molar-refractivity contribution is 0.150. The van der Waals surface area contributed by atoms with Crippen molar-refractivity contribution in [1.29, 1.82) is 0 Å². The third-order valence-corrected chi connectivity index (χ3v) is 1.87. The molecule has 0 radical (unpaired) electrons. The molecule has 0 saturated heterocycles. The highest BCUT2D eigenvalue weighted by atomic mass is 16.5. The summed E-state index contributed by atoms with van der Waals surface area (Å²) < 4.78 is 5.34. The molecule has 0 aromatic heterocycles.